The third-order valence-electron chi connectivity index (χ3n) is 1.70. The standard InChI is InChI=1S/C10H14N2O/c1-3-10-9(6-4-5-7-13)8-12(2)11-10/h8,13H,3,5,7H2,1-2H3. The van der Waals surface area contributed by atoms with E-state index < -0.39 is 0 Å². The Labute approximate surface area is 78.4 Å². The highest BCUT2D eigenvalue weighted by Crippen LogP contribution is 2.04. The summed E-state index contributed by atoms with van der Waals surface area (Å²) in [5, 5.41) is 12.8. The molecule has 0 atom stereocenters. The molecular formula is C10H14N2O. The van der Waals surface area contributed by atoms with Crippen molar-refractivity contribution in [1.82, 2.24) is 9.78 Å². The van der Waals surface area contributed by atoms with E-state index in [4.69, 9.17) is 5.11 Å². The molecule has 0 aliphatic heterocycles. The average molecular weight is 178 g/mol. The lowest BCUT2D eigenvalue weighted by Crippen LogP contribution is -1.89. The van der Waals surface area contributed by atoms with Gasteiger partial charge in [-0.15, -0.1) is 0 Å². The van der Waals surface area contributed by atoms with E-state index in [-0.39, 0.29) is 6.61 Å². The molecule has 1 rings (SSSR count). The maximum absolute atomic E-state index is 8.55. The summed E-state index contributed by atoms with van der Waals surface area (Å²) in [6.07, 6.45) is 3.32. The minimum absolute atomic E-state index is 0.120. The van der Waals surface area contributed by atoms with E-state index in [1.54, 1.807) is 4.68 Å². The molecule has 0 radical (unpaired) electrons. The summed E-state index contributed by atoms with van der Waals surface area (Å²) >= 11 is 0. The van der Waals surface area contributed by atoms with Gasteiger partial charge >= 0.3 is 0 Å². The zero-order chi connectivity index (χ0) is 9.68. The molecule has 0 bridgehead atoms. The van der Waals surface area contributed by atoms with Gasteiger partial charge in [-0.2, -0.15) is 5.10 Å². The Balaban J connectivity index is 2.82. The van der Waals surface area contributed by atoms with Crippen LogP contribution in [0.3, 0.4) is 0 Å². The molecule has 0 saturated heterocycles. The summed E-state index contributed by atoms with van der Waals surface area (Å²) in [6, 6.07) is 0. The first kappa shape index (κ1) is 9.82. The quantitative estimate of drug-likeness (QED) is 0.677. The van der Waals surface area contributed by atoms with Gasteiger partial charge in [0, 0.05) is 19.7 Å². The van der Waals surface area contributed by atoms with E-state index in [9.17, 15) is 0 Å². The second-order valence-electron chi connectivity index (χ2n) is 2.79. The van der Waals surface area contributed by atoms with Crippen molar-refractivity contribution in [2.45, 2.75) is 19.8 Å². The molecule has 70 valence electrons. The lowest BCUT2D eigenvalue weighted by molar-refractivity contribution is 0.305. The molecule has 0 saturated carbocycles. The molecule has 1 N–H and O–H groups in total. The minimum Gasteiger partial charge on any atom is -0.395 e. The molecule has 0 fully saturated rings. The lowest BCUT2D eigenvalue weighted by atomic mass is 10.2. The van der Waals surface area contributed by atoms with Gasteiger partial charge in [0.2, 0.25) is 0 Å². The van der Waals surface area contributed by atoms with Crippen LogP contribution in [0.25, 0.3) is 0 Å². The normalized spacial score (nSPS) is 9.46. The van der Waals surface area contributed by atoms with Gasteiger partial charge < -0.3 is 5.11 Å². The topological polar surface area (TPSA) is 38.0 Å². The Kier molecular flexibility index (Phi) is 3.53. The Morgan fingerprint density at radius 3 is 3.00 bits per heavy atom. The molecule has 0 aromatic carbocycles. The van der Waals surface area contributed by atoms with Crippen molar-refractivity contribution in [2.24, 2.45) is 7.05 Å². The fourth-order valence-electron chi connectivity index (χ4n) is 1.11. The van der Waals surface area contributed by atoms with Gasteiger partial charge in [0.25, 0.3) is 0 Å². The van der Waals surface area contributed by atoms with Gasteiger partial charge in [-0.1, -0.05) is 18.8 Å². The van der Waals surface area contributed by atoms with E-state index >= 15 is 0 Å². The molecule has 0 unspecified atom stereocenters. The van der Waals surface area contributed by atoms with Crippen molar-refractivity contribution >= 4 is 0 Å². The van der Waals surface area contributed by atoms with E-state index in [0.29, 0.717) is 6.42 Å². The van der Waals surface area contributed by atoms with Crippen molar-refractivity contribution in [3.63, 3.8) is 0 Å². The van der Waals surface area contributed by atoms with Crippen molar-refractivity contribution in [3.05, 3.63) is 17.5 Å². The van der Waals surface area contributed by atoms with Crippen LogP contribution in [0, 0.1) is 11.8 Å². The highest BCUT2D eigenvalue weighted by Gasteiger charge is 2.01. The molecule has 1 aromatic heterocycles. The number of rotatable bonds is 2. The van der Waals surface area contributed by atoms with Crippen molar-refractivity contribution in [2.75, 3.05) is 6.61 Å². The van der Waals surface area contributed by atoms with Crippen molar-refractivity contribution in [1.29, 1.82) is 0 Å². The van der Waals surface area contributed by atoms with Crippen LogP contribution in [0.4, 0.5) is 0 Å². The predicted molar refractivity (Wildman–Crippen MR) is 51.2 cm³/mol. The highest BCUT2D eigenvalue weighted by atomic mass is 16.2. The highest BCUT2D eigenvalue weighted by molar-refractivity contribution is 5.36. The van der Waals surface area contributed by atoms with Crippen LogP contribution < -0.4 is 0 Å². The van der Waals surface area contributed by atoms with Crippen LogP contribution in [0.15, 0.2) is 6.20 Å². The van der Waals surface area contributed by atoms with Gasteiger partial charge in [0.05, 0.1) is 17.9 Å². The number of hydrogen-bond acceptors (Lipinski definition) is 2. The first-order valence-electron chi connectivity index (χ1n) is 4.40. The van der Waals surface area contributed by atoms with Crippen LogP contribution in [-0.2, 0) is 13.5 Å². The molecule has 0 aliphatic carbocycles. The van der Waals surface area contributed by atoms with E-state index in [0.717, 1.165) is 17.7 Å². The van der Waals surface area contributed by atoms with Crippen molar-refractivity contribution < 1.29 is 5.11 Å². The zero-order valence-electron chi connectivity index (χ0n) is 8.04. The number of hydrogen-bond donors (Lipinski definition) is 1. The fourth-order valence-corrected chi connectivity index (χ4v) is 1.11. The third kappa shape index (κ3) is 2.60. The zero-order valence-corrected chi connectivity index (χ0v) is 8.04. The molecule has 0 aliphatic rings. The molecule has 1 heterocycles. The third-order valence-corrected chi connectivity index (χ3v) is 1.70. The van der Waals surface area contributed by atoms with E-state index in [2.05, 4.69) is 23.9 Å². The summed E-state index contributed by atoms with van der Waals surface area (Å²) in [7, 11) is 1.89. The summed E-state index contributed by atoms with van der Waals surface area (Å²) < 4.78 is 1.77. The molecule has 3 nitrogen and oxygen atoms in total. The number of aliphatic hydroxyl groups excluding tert-OH is 1. The smallest absolute Gasteiger partial charge is 0.0778 e. The van der Waals surface area contributed by atoms with E-state index in [1.807, 2.05) is 13.2 Å². The monoisotopic (exact) mass is 178 g/mol. The summed E-state index contributed by atoms with van der Waals surface area (Å²) in [6.45, 7) is 2.17. The number of aliphatic hydroxyl groups is 1. The molecule has 3 heteroatoms. The maximum Gasteiger partial charge on any atom is 0.0778 e. The molecule has 13 heavy (non-hydrogen) atoms. The first-order valence-corrected chi connectivity index (χ1v) is 4.40. The number of aromatic nitrogens is 2. The van der Waals surface area contributed by atoms with Crippen LogP contribution in [0.1, 0.15) is 24.6 Å². The lowest BCUT2D eigenvalue weighted by Gasteiger charge is -1.87. The Morgan fingerprint density at radius 2 is 2.38 bits per heavy atom. The SMILES string of the molecule is CCc1nn(C)cc1C#CCCO. The number of nitrogens with zero attached hydrogens (tertiary/aromatic N) is 2. The Bertz CT molecular complexity index is 330. The van der Waals surface area contributed by atoms with Gasteiger partial charge in [0.15, 0.2) is 0 Å². The largest absolute Gasteiger partial charge is 0.395 e. The Morgan fingerprint density at radius 1 is 1.62 bits per heavy atom. The van der Waals surface area contributed by atoms with Gasteiger partial charge in [-0.25, -0.2) is 0 Å². The van der Waals surface area contributed by atoms with Gasteiger partial charge in [-0.3, -0.25) is 4.68 Å². The predicted octanol–water partition coefficient (Wildman–Crippen LogP) is 0.716. The van der Waals surface area contributed by atoms with Gasteiger partial charge in [-0.05, 0) is 6.42 Å². The average Bonchev–Trinajstić information content (AvgIpc) is 2.47. The van der Waals surface area contributed by atoms with Crippen LogP contribution in [0.2, 0.25) is 0 Å². The first-order chi connectivity index (χ1) is 6.27. The fraction of sp³-hybridized carbons (Fsp3) is 0.500. The maximum atomic E-state index is 8.55. The van der Waals surface area contributed by atoms with Gasteiger partial charge in [0.1, 0.15) is 0 Å². The number of aryl methyl sites for hydroxylation is 2. The van der Waals surface area contributed by atoms with Crippen LogP contribution in [0.5, 0.6) is 0 Å². The van der Waals surface area contributed by atoms with E-state index in [1.165, 1.54) is 0 Å². The molecule has 0 amide bonds. The van der Waals surface area contributed by atoms with Crippen molar-refractivity contribution in [3.8, 4) is 11.8 Å². The minimum atomic E-state index is 0.120. The summed E-state index contributed by atoms with van der Waals surface area (Å²) in [4.78, 5) is 0. The van der Waals surface area contributed by atoms with Crippen LogP contribution in [-0.4, -0.2) is 21.5 Å². The van der Waals surface area contributed by atoms with Crippen LogP contribution >= 0.6 is 0 Å². The molecule has 0 spiro atoms. The second kappa shape index (κ2) is 4.68. The summed E-state index contributed by atoms with van der Waals surface area (Å²) in [5.74, 6) is 5.88. The summed E-state index contributed by atoms with van der Waals surface area (Å²) in [5.41, 5.74) is 1.99. The second-order valence-corrected chi connectivity index (χ2v) is 2.79. The molecular weight excluding hydrogens is 164 g/mol. The molecule has 1 aromatic rings. The Hall–Kier alpha value is -1.27.